The van der Waals surface area contributed by atoms with Crippen LogP contribution in [0.5, 0.6) is 0 Å². The number of carboxylic acids is 1. The molecule has 0 heterocycles. The van der Waals surface area contributed by atoms with Crippen LogP contribution in [0.1, 0.15) is 20.3 Å². The molecule has 0 radical (unpaired) electrons. The molecule has 6 nitrogen and oxygen atoms in total. The molecule has 0 spiro atoms. The first-order chi connectivity index (χ1) is 6.97. The second kappa shape index (κ2) is 7.05. The Bertz CT molecular complexity index is 220. The molecule has 2 atom stereocenters. The maximum absolute atomic E-state index is 11.1. The summed E-state index contributed by atoms with van der Waals surface area (Å²) < 4.78 is 0. The standard InChI is InChI=1S/C9H18N2O4/c1-3-6(2)4-10-9(15)11-5-7(12)8(13)14/h6-7,12H,3-5H2,1-2H3,(H,13,14)(H2,10,11,15)/t6?,7-/m0/s1. The number of hydrogen-bond donors (Lipinski definition) is 4. The molecule has 1 unspecified atom stereocenters. The van der Waals surface area contributed by atoms with Gasteiger partial charge in [-0.05, 0) is 5.92 Å². The van der Waals surface area contributed by atoms with Crippen LogP contribution < -0.4 is 10.6 Å². The Labute approximate surface area is 88.7 Å². The van der Waals surface area contributed by atoms with Crippen LogP contribution in [0.4, 0.5) is 4.79 Å². The van der Waals surface area contributed by atoms with Crippen molar-refractivity contribution in [1.82, 2.24) is 10.6 Å². The van der Waals surface area contributed by atoms with Gasteiger partial charge in [0.2, 0.25) is 0 Å². The van der Waals surface area contributed by atoms with E-state index in [0.29, 0.717) is 12.5 Å². The van der Waals surface area contributed by atoms with Crippen molar-refractivity contribution in [1.29, 1.82) is 0 Å². The van der Waals surface area contributed by atoms with Crippen molar-refractivity contribution >= 4 is 12.0 Å². The largest absolute Gasteiger partial charge is 0.479 e. The summed E-state index contributed by atoms with van der Waals surface area (Å²) in [6.07, 6.45) is -0.600. The van der Waals surface area contributed by atoms with Crippen LogP contribution in [0.3, 0.4) is 0 Å². The second-order valence-corrected chi connectivity index (χ2v) is 3.46. The number of aliphatic carboxylic acids is 1. The number of aliphatic hydroxyl groups is 1. The monoisotopic (exact) mass is 218 g/mol. The first-order valence-electron chi connectivity index (χ1n) is 4.90. The maximum atomic E-state index is 11.1. The number of aliphatic hydroxyl groups excluding tert-OH is 1. The molecule has 0 saturated heterocycles. The van der Waals surface area contributed by atoms with E-state index < -0.39 is 18.1 Å². The summed E-state index contributed by atoms with van der Waals surface area (Å²) in [6.45, 7) is 4.25. The number of carbonyl (C=O) groups excluding carboxylic acids is 1. The third-order valence-electron chi connectivity index (χ3n) is 2.05. The van der Waals surface area contributed by atoms with Crippen LogP contribution in [0, 0.1) is 5.92 Å². The van der Waals surface area contributed by atoms with Gasteiger partial charge >= 0.3 is 12.0 Å². The molecule has 0 rings (SSSR count). The van der Waals surface area contributed by atoms with Crippen LogP contribution in [-0.4, -0.2) is 41.4 Å². The molecule has 0 fully saturated rings. The van der Waals surface area contributed by atoms with Crippen molar-refractivity contribution in [2.24, 2.45) is 5.92 Å². The molecule has 88 valence electrons. The number of rotatable bonds is 6. The molecule has 0 saturated carbocycles. The predicted molar refractivity (Wildman–Crippen MR) is 54.5 cm³/mol. The lowest BCUT2D eigenvalue weighted by atomic mass is 10.1. The van der Waals surface area contributed by atoms with Crippen molar-refractivity contribution < 1.29 is 19.8 Å². The van der Waals surface area contributed by atoms with Crippen LogP contribution >= 0.6 is 0 Å². The fourth-order valence-electron chi connectivity index (χ4n) is 0.750. The molecule has 0 aliphatic heterocycles. The van der Waals surface area contributed by atoms with Gasteiger partial charge in [0.15, 0.2) is 6.10 Å². The van der Waals surface area contributed by atoms with Gasteiger partial charge < -0.3 is 20.8 Å². The molecule has 0 bridgehead atoms. The third kappa shape index (κ3) is 6.73. The third-order valence-corrected chi connectivity index (χ3v) is 2.05. The average molecular weight is 218 g/mol. The Morgan fingerprint density at radius 1 is 1.27 bits per heavy atom. The molecule has 15 heavy (non-hydrogen) atoms. The number of amides is 2. The highest BCUT2D eigenvalue weighted by Gasteiger charge is 2.13. The highest BCUT2D eigenvalue weighted by molar-refractivity contribution is 5.76. The zero-order valence-corrected chi connectivity index (χ0v) is 8.99. The number of carbonyl (C=O) groups is 2. The zero-order valence-electron chi connectivity index (χ0n) is 8.99. The molecular weight excluding hydrogens is 200 g/mol. The van der Waals surface area contributed by atoms with E-state index in [2.05, 4.69) is 10.6 Å². The Balaban J connectivity index is 3.62. The SMILES string of the molecule is CCC(C)CNC(=O)NC[C@H](O)C(=O)O. The minimum atomic E-state index is -1.56. The fraction of sp³-hybridized carbons (Fsp3) is 0.778. The summed E-state index contributed by atoms with van der Waals surface area (Å²) in [5.74, 6) is -0.975. The van der Waals surface area contributed by atoms with E-state index in [9.17, 15) is 9.59 Å². The Kier molecular flexibility index (Phi) is 6.44. The van der Waals surface area contributed by atoms with Crippen molar-refractivity contribution in [2.75, 3.05) is 13.1 Å². The quantitative estimate of drug-likeness (QED) is 0.495. The highest BCUT2D eigenvalue weighted by atomic mass is 16.4. The Morgan fingerprint density at radius 2 is 1.80 bits per heavy atom. The molecule has 2 amide bonds. The number of hydrogen-bond acceptors (Lipinski definition) is 3. The minimum absolute atomic E-state index is 0.290. The molecule has 4 N–H and O–H groups in total. The molecule has 0 aromatic rings. The van der Waals surface area contributed by atoms with Crippen LogP contribution in [0.2, 0.25) is 0 Å². The number of urea groups is 1. The topological polar surface area (TPSA) is 98.7 Å². The zero-order chi connectivity index (χ0) is 11.8. The molecular formula is C9H18N2O4. The summed E-state index contributed by atoms with van der Waals surface area (Å²) in [6, 6.07) is -0.462. The Hall–Kier alpha value is -1.30. The highest BCUT2D eigenvalue weighted by Crippen LogP contribution is 1.96. The van der Waals surface area contributed by atoms with Crippen molar-refractivity contribution in [3.63, 3.8) is 0 Å². The summed E-state index contributed by atoms with van der Waals surface area (Å²) >= 11 is 0. The number of nitrogens with one attached hydrogen (secondary N) is 2. The van der Waals surface area contributed by atoms with E-state index in [1.54, 1.807) is 0 Å². The van der Waals surface area contributed by atoms with Crippen molar-refractivity contribution in [3.05, 3.63) is 0 Å². The first kappa shape index (κ1) is 13.7. The Morgan fingerprint density at radius 3 is 2.27 bits per heavy atom. The van der Waals surface area contributed by atoms with Gasteiger partial charge in [-0.2, -0.15) is 0 Å². The molecule has 0 aliphatic carbocycles. The lowest BCUT2D eigenvalue weighted by Gasteiger charge is -2.12. The smallest absolute Gasteiger partial charge is 0.334 e. The number of carboxylic acid groups (broad SMARTS) is 1. The van der Waals surface area contributed by atoms with Gasteiger partial charge in [0.05, 0.1) is 6.54 Å². The second-order valence-electron chi connectivity index (χ2n) is 3.46. The first-order valence-corrected chi connectivity index (χ1v) is 4.90. The summed E-state index contributed by atoms with van der Waals surface area (Å²) in [5.41, 5.74) is 0. The van der Waals surface area contributed by atoms with E-state index in [-0.39, 0.29) is 6.54 Å². The van der Waals surface area contributed by atoms with E-state index in [0.717, 1.165) is 6.42 Å². The van der Waals surface area contributed by atoms with Gasteiger partial charge in [-0.3, -0.25) is 0 Å². The normalized spacial score (nSPS) is 14.1. The molecule has 0 aliphatic rings. The molecule has 6 heteroatoms. The van der Waals surface area contributed by atoms with Gasteiger partial charge in [-0.25, -0.2) is 9.59 Å². The molecule has 0 aromatic carbocycles. The van der Waals surface area contributed by atoms with E-state index in [4.69, 9.17) is 10.2 Å². The van der Waals surface area contributed by atoms with Crippen molar-refractivity contribution in [2.45, 2.75) is 26.4 Å². The van der Waals surface area contributed by atoms with E-state index >= 15 is 0 Å². The molecule has 0 aromatic heterocycles. The van der Waals surface area contributed by atoms with Crippen molar-refractivity contribution in [3.8, 4) is 0 Å². The minimum Gasteiger partial charge on any atom is -0.479 e. The van der Waals surface area contributed by atoms with Crippen LogP contribution in [0.25, 0.3) is 0 Å². The summed E-state index contributed by atoms with van der Waals surface area (Å²) in [5, 5.41) is 22.0. The lowest BCUT2D eigenvalue weighted by molar-refractivity contribution is -0.146. The van der Waals surface area contributed by atoms with Crippen LogP contribution in [-0.2, 0) is 4.79 Å². The summed E-state index contributed by atoms with van der Waals surface area (Å²) in [4.78, 5) is 21.3. The predicted octanol–water partition coefficient (Wildman–Crippen LogP) is -0.223. The average Bonchev–Trinajstić information content (AvgIpc) is 2.21. The van der Waals surface area contributed by atoms with Gasteiger partial charge in [0.1, 0.15) is 0 Å². The fourth-order valence-corrected chi connectivity index (χ4v) is 0.750. The lowest BCUT2D eigenvalue weighted by Crippen LogP contribution is -2.43. The van der Waals surface area contributed by atoms with Gasteiger partial charge in [0.25, 0.3) is 0 Å². The summed E-state index contributed by atoms with van der Waals surface area (Å²) in [7, 11) is 0. The van der Waals surface area contributed by atoms with Gasteiger partial charge in [0, 0.05) is 6.54 Å². The van der Waals surface area contributed by atoms with E-state index in [1.165, 1.54) is 0 Å². The van der Waals surface area contributed by atoms with Gasteiger partial charge in [-0.15, -0.1) is 0 Å². The van der Waals surface area contributed by atoms with E-state index in [1.807, 2.05) is 13.8 Å². The van der Waals surface area contributed by atoms with Gasteiger partial charge in [-0.1, -0.05) is 20.3 Å². The maximum Gasteiger partial charge on any atom is 0.334 e. The van der Waals surface area contributed by atoms with Crippen LogP contribution in [0.15, 0.2) is 0 Å².